The van der Waals surface area contributed by atoms with Crippen LogP contribution in [-0.2, 0) is 30.1 Å². The molecule has 3 atom stereocenters. The van der Waals surface area contributed by atoms with Gasteiger partial charge in [-0.25, -0.2) is 10.3 Å². The third-order valence-corrected chi connectivity index (χ3v) is 8.92. The number of imidazole rings is 1. The topological polar surface area (TPSA) is 78.3 Å². The molecule has 0 aliphatic rings. The summed E-state index contributed by atoms with van der Waals surface area (Å²) in [7, 11) is 3.00. The molecule has 0 saturated heterocycles. The van der Waals surface area contributed by atoms with E-state index < -0.39 is 41.2 Å². The molecular formula is C36H37ClF6N3O3. The summed E-state index contributed by atoms with van der Waals surface area (Å²) < 4.78 is 94.4. The first-order chi connectivity index (χ1) is 23.1. The summed E-state index contributed by atoms with van der Waals surface area (Å²) in [6.45, 7) is 4.78. The number of aromatic amines is 1. The highest BCUT2D eigenvalue weighted by atomic mass is 35.5. The first-order valence-electron chi connectivity index (χ1n) is 15.6. The lowest BCUT2D eigenvalue weighted by molar-refractivity contribution is -0.139. The number of ether oxygens (including phenoxy) is 2. The van der Waals surface area contributed by atoms with E-state index in [1.165, 1.54) is 64.5 Å². The number of hydrogen-bond acceptors (Lipinski definition) is 4. The maximum absolute atomic E-state index is 14.0. The van der Waals surface area contributed by atoms with Crippen molar-refractivity contribution in [3.63, 3.8) is 0 Å². The molecule has 0 bridgehead atoms. The van der Waals surface area contributed by atoms with Gasteiger partial charge in [0.05, 0.1) is 36.1 Å². The number of amides is 1. The maximum atomic E-state index is 14.0. The number of halogens is 7. The number of alkyl halides is 6. The van der Waals surface area contributed by atoms with Crippen molar-refractivity contribution >= 4 is 17.5 Å². The van der Waals surface area contributed by atoms with Gasteiger partial charge in [-0.15, -0.1) is 0 Å². The van der Waals surface area contributed by atoms with Crippen molar-refractivity contribution in [3.05, 3.63) is 111 Å². The number of rotatable bonds is 13. The van der Waals surface area contributed by atoms with Crippen LogP contribution in [0, 0.1) is 5.92 Å². The first-order valence-corrected chi connectivity index (χ1v) is 15.9. The lowest BCUT2D eigenvalue weighted by Gasteiger charge is -2.22. The molecule has 0 fully saturated rings. The summed E-state index contributed by atoms with van der Waals surface area (Å²) in [6, 6.07) is 13.6. The number of methoxy groups -OCH3 is 2. The molecule has 49 heavy (non-hydrogen) atoms. The molecule has 1 radical (unpaired) electrons. The minimum Gasteiger partial charge on any atom is -0.493 e. The summed E-state index contributed by atoms with van der Waals surface area (Å²) in [5.41, 5.74) is -0.713. The average molecular weight is 709 g/mol. The van der Waals surface area contributed by atoms with E-state index in [9.17, 15) is 31.1 Å². The van der Waals surface area contributed by atoms with Crippen molar-refractivity contribution < 1.29 is 40.6 Å². The van der Waals surface area contributed by atoms with Crippen LogP contribution in [0.3, 0.4) is 0 Å². The minimum atomic E-state index is -4.66. The number of H-pyrrole nitrogens is 1. The molecule has 0 saturated carbocycles. The Balaban J connectivity index is 1.55. The zero-order valence-electron chi connectivity index (χ0n) is 27.6. The van der Waals surface area contributed by atoms with Crippen LogP contribution in [0.1, 0.15) is 90.5 Å². The van der Waals surface area contributed by atoms with Crippen LogP contribution in [0.25, 0.3) is 0 Å². The lowest BCUT2D eigenvalue weighted by Crippen LogP contribution is -2.17. The molecular weight excluding hydrogens is 672 g/mol. The second kappa shape index (κ2) is 15.6. The maximum Gasteiger partial charge on any atom is 0.416 e. The number of nitrogens with zero attached hydrogens (tertiary/aromatic N) is 2. The highest BCUT2D eigenvalue weighted by Gasteiger charge is 2.38. The van der Waals surface area contributed by atoms with Crippen LogP contribution in [0.15, 0.2) is 60.7 Å². The van der Waals surface area contributed by atoms with Crippen LogP contribution in [0.5, 0.6) is 11.5 Å². The van der Waals surface area contributed by atoms with Gasteiger partial charge in [0.2, 0.25) is 5.91 Å². The predicted octanol–water partition coefficient (Wildman–Crippen LogP) is 9.71. The van der Waals surface area contributed by atoms with Gasteiger partial charge in [0.1, 0.15) is 12.4 Å². The Morgan fingerprint density at radius 3 is 1.98 bits per heavy atom. The van der Waals surface area contributed by atoms with Gasteiger partial charge >= 0.3 is 12.4 Å². The Labute approximate surface area is 286 Å². The molecule has 1 N–H and O–H groups in total. The molecule has 0 aliphatic heterocycles. The highest BCUT2D eigenvalue weighted by Crippen LogP contribution is 2.42. The lowest BCUT2D eigenvalue weighted by atomic mass is 9.86. The molecule has 0 spiro atoms. The van der Waals surface area contributed by atoms with E-state index in [-0.39, 0.29) is 47.2 Å². The van der Waals surface area contributed by atoms with Crippen LogP contribution < -0.4 is 14.8 Å². The second-order valence-electron chi connectivity index (χ2n) is 11.9. The van der Waals surface area contributed by atoms with E-state index in [1.54, 1.807) is 6.07 Å². The number of nitrogens with one attached hydrogen (secondary N) is 1. The fourth-order valence-corrected chi connectivity index (χ4v) is 6.24. The average Bonchev–Trinajstić information content (AvgIpc) is 3.50. The summed E-state index contributed by atoms with van der Waals surface area (Å²) in [5, 5.41) is 4.54. The molecule has 1 amide bonds. The number of carbonyl (C=O) groups excluding carboxylic acids is 1. The highest BCUT2D eigenvalue weighted by molar-refractivity contribution is 6.33. The van der Waals surface area contributed by atoms with Crippen molar-refractivity contribution in [1.29, 1.82) is 0 Å². The van der Waals surface area contributed by atoms with Gasteiger partial charge in [-0.3, -0.25) is 4.79 Å². The van der Waals surface area contributed by atoms with Crippen LogP contribution in [0.2, 0.25) is 5.02 Å². The van der Waals surface area contributed by atoms with Crippen LogP contribution in [0.4, 0.5) is 26.3 Å². The Bertz CT molecular complexity index is 1670. The molecule has 13 heteroatoms. The molecule has 3 unspecified atom stereocenters. The SMILES string of the molecule is COc1ccc(CC(C)CCC(=O)[N]Cc2nc(C(C)c3ccccc3C(F)(F)F)c(C(C)c3ccccc3C(F)(F)F)[nH]2)c(Cl)c1OC. The molecule has 1 heterocycles. The summed E-state index contributed by atoms with van der Waals surface area (Å²) in [4.78, 5) is 20.3. The summed E-state index contributed by atoms with van der Waals surface area (Å²) in [5.74, 6) is -1.20. The molecule has 4 aromatic rings. The van der Waals surface area contributed by atoms with Crippen molar-refractivity contribution in [3.8, 4) is 11.5 Å². The third-order valence-electron chi connectivity index (χ3n) is 8.51. The zero-order chi connectivity index (χ0) is 36.1. The molecule has 3 aromatic carbocycles. The monoisotopic (exact) mass is 708 g/mol. The van der Waals surface area contributed by atoms with Gasteiger partial charge in [0, 0.05) is 24.0 Å². The standard InChI is InChI=1S/C36H37ClF6N3O3/c1-20(18-23-15-16-28(48-4)34(49-5)31(23)37)14-17-30(47)44-19-29-45-32(21(2)24-10-6-8-12-26(24)35(38,39)40)33(46-29)22(3)25-11-7-9-13-27(25)36(41,42)43/h6-13,15-16,20-22H,14,17-19H2,1-5H3,(H,45,46). The largest absolute Gasteiger partial charge is 0.493 e. The van der Waals surface area contributed by atoms with Crippen molar-refractivity contribution in [1.82, 2.24) is 15.3 Å². The van der Waals surface area contributed by atoms with E-state index in [4.69, 9.17) is 21.1 Å². The summed E-state index contributed by atoms with van der Waals surface area (Å²) in [6.07, 6.45) is -8.17. The van der Waals surface area contributed by atoms with Crippen LogP contribution >= 0.6 is 11.6 Å². The smallest absolute Gasteiger partial charge is 0.416 e. The Kier molecular flexibility index (Phi) is 12.0. The van der Waals surface area contributed by atoms with Gasteiger partial charge < -0.3 is 14.5 Å². The fraction of sp³-hybridized carbons (Fsp3) is 0.389. The van der Waals surface area contributed by atoms with Gasteiger partial charge in [0.15, 0.2) is 11.5 Å². The number of hydrogen-bond donors (Lipinski definition) is 1. The van der Waals surface area contributed by atoms with E-state index in [0.29, 0.717) is 29.4 Å². The Morgan fingerprint density at radius 1 is 0.857 bits per heavy atom. The van der Waals surface area contributed by atoms with Gasteiger partial charge in [-0.05, 0) is 53.6 Å². The fourth-order valence-electron chi connectivity index (χ4n) is 5.93. The minimum absolute atomic E-state index is 0.0423. The Morgan fingerprint density at radius 2 is 1.43 bits per heavy atom. The molecule has 6 nitrogen and oxygen atoms in total. The van der Waals surface area contributed by atoms with Crippen molar-refractivity contribution in [2.24, 2.45) is 5.92 Å². The van der Waals surface area contributed by atoms with Crippen molar-refractivity contribution in [2.75, 3.05) is 14.2 Å². The molecule has 4 rings (SSSR count). The van der Waals surface area contributed by atoms with E-state index in [2.05, 4.69) is 15.3 Å². The normalized spacial score (nSPS) is 13.9. The number of carbonyl (C=O) groups is 1. The number of benzene rings is 3. The molecule has 0 aliphatic carbocycles. The van der Waals surface area contributed by atoms with Crippen LogP contribution in [-0.4, -0.2) is 30.1 Å². The Hall–Kier alpha value is -4.19. The first kappa shape index (κ1) is 37.6. The van der Waals surface area contributed by atoms with E-state index in [0.717, 1.165) is 17.7 Å². The predicted molar refractivity (Wildman–Crippen MR) is 174 cm³/mol. The van der Waals surface area contributed by atoms with E-state index >= 15 is 0 Å². The second-order valence-corrected chi connectivity index (χ2v) is 12.3. The third kappa shape index (κ3) is 8.89. The molecule has 263 valence electrons. The van der Waals surface area contributed by atoms with Gasteiger partial charge in [-0.2, -0.15) is 26.3 Å². The van der Waals surface area contributed by atoms with Gasteiger partial charge in [-0.1, -0.05) is 74.8 Å². The van der Waals surface area contributed by atoms with Gasteiger partial charge in [0.25, 0.3) is 0 Å². The van der Waals surface area contributed by atoms with E-state index in [1.807, 2.05) is 13.0 Å². The zero-order valence-corrected chi connectivity index (χ0v) is 28.4. The summed E-state index contributed by atoms with van der Waals surface area (Å²) >= 11 is 6.50. The van der Waals surface area contributed by atoms with Crippen molar-refractivity contribution in [2.45, 2.75) is 70.8 Å². The number of aromatic nitrogens is 2. The quantitative estimate of drug-likeness (QED) is 0.140. The molecule has 1 aromatic heterocycles.